The van der Waals surface area contributed by atoms with Crippen molar-refractivity contribution < 1.29 is 4.74 Å². The molecular formula is C23H31N2OP. The van der Waals surface area contributed by atoms with Crippen LogP contribution in [0.25, 0.3) is 0 Å². The Morgan fingerprint density at radius 2 is 1.74 bits per heavy atom. The Morgan fingerprint density at radius 3 is 2.30 bits per heavy atom. The molecule has 1 saturated heterocycles. The molecule has 0 bridgehead atoms. The van der Waals surface area contributed by atoms with Gasteiger partial charge in [-0.15, -0.1) is 0 Å². The van der Waals surface area contributed by atoms with Gasteiger partial charge in [0.15, 0.2) is 0 Å². The lowest BCUT2D eigenvalue weighted by Crippen LogP contribution is -2.30. The molecule has 1 aliphatic heterocycles. The summed E-state index contributed by atoms with van der Waals surface area (Å²) < 4.78 is 5.38. The van der Waals surface area contributed by atoms with Crippen molar-refractivity contribution in [2.24, 2.45) is 5.10 Å². The van der Waals surface area contributed by atoms with Crippen molar-refractivity contribution in [3.63, 3.8) is 0 Å². The number of rotatable bonds is 9. The third kappa shape index (κ3) is 5.40. The molecule has 0 spiro atoms. The van der Waals surface area contributed by atoms with Gasteiger partial charge in [0.2, 0.25) is 0 Å². The zero-order chi connectivity index (χ0) is 18.9. The van der Waals surface area contributed by atoms with Crippen LogP contribution in [0, 0.1) is 0 Å². The number of benzene rings is 2. The molecule has 2 atom stereocenters. The standard InChI is InChI=1S/C23H31N2OP/c1-3-11-23(18-24-25-17-10-12-20(25)19-26-2)27(21-13-6-4-7-14-21)22-15-8-5-9-16-22/h4-9,13-16,18,20,23H,3,10-12,17,19H2,1-2H3/b24-18+/t20-,23-/m0/s1. The van der Waals surface area contributed by atoms with E-state index in [0.717, 1.165) is 26.0 Å². The lowest BCUT2D eigenvalue weighted by molar-refractivity contribution is 0.118. The van der Waals surface area contributed by atoms with E-state index in [1.54, 1.807) is 7.11 Å². The van der Waals surface area contributed by atoms with Gasteiger partial charge in [0.1, 0.15) is 0 Å². The fourth-order valence-electron chi connectivity index (χ4n) is 3.77. The fraction of sp³-hybridized carbons (Fsp3) is 0.435. The van der Waals surface area contributed by atoms with Crippen molar-refractivity contribution >= 4 is 24.7 Å². The fourth-order valence-corrected chi connectivity index (χ4v) is 6.53. The number of ether oxygens (including phenoxy) is 1. The van der Waals surface area contributed by atoms with E-state index in [4.69, 9.17) is 9.84 Å². The summed E-state index contributed by atoms with van der Waals surface area (Å²) >= 11 is 0. The molecule has 0 unspecified atom stereocenters. The second-order valence-corrected chi connectivity index (χ2v) is 9.51. The number of hydrogen-bond donors (Lipinski definition) is 0. The first-order chi connectivity index (χ1) is 13.3. The molecule has 1 aliphatic rings. The zero-order valence-corrected chi connectivity index (χ0v) is 17.4. The van der Waals surface area contributed by atoms with Gasteiger partial charge in [-0.05, 0) is 37.8 Å². The largest absolute Gasteiger partial charge is 0.382 e. The van der Waals surface area contributed by atoms with Crippen molar-refractivity contribution in [2.75, 3.05) is 20.3 Å². The van der Waals surface area contributed by atoms with Crippen LogP contribution in [0.3, 0.4) is 0 Å². The molecule has 4 heteroatoms. The summed E-state index contributed by atoms with van der Waals surface area (Å²) in [6, 6.07) is 22.4. The maximum absolute atomic E-state index is 5.38. The zero-order valence-electron chi connectivity index (χ0n) is 16.5. The Kier molecular flexibility index (Phi) is 7.86. The first-order valence-electron chi connectivity index (χ1n) is 10.0. The highest BCUT2D eigenvalue weighted by Crippen LogP contribution is 2.41. The maximum Gasteiger partial charge on any atom is 0.0704 e. The number of methoxy groups -OCH3 is 1. The Hall–Kier alpha value is -1.70. The lowest BCUT2D eigenvalue weighted by atomic mass is 10.2. The minimum absolute atomic E-state index is 0.424. The number of nitrogens with zero attached hydrogens (tertiary/aromatic N) is 2. The van der Waals surface area contributed by atoms with Gasteiger partial charge in [-0.1, -0.05) is 74.0 Å². The third-order valence-electron chi connectivity index (χ3n) is 5.08. The molecule has 0 N–H and O–H groups in total. The van der Waals surface area contributed by atoms with E-state index in [1.807, 2.05) is 0 Å². The normalized spacial score (nSPS) is 18.5. The molecule has 3 nitrogen and oxygen atoms in total. The average Bonchev–Trinajstić information content (AvgIpc) is 3.15. The molecule has 0 aromatic heterocycles. The Morgan fingerprint density at radius 1 is 1.11 bits per heavy atom. The first kappa shape index (κ1) is 20.0. The van der Waals surface area contributed by atoms with Crippen molar-refractivity contribution in [1.29, 1.82) is 0 Å². The first-order valence-corrected chi connectivity index (χ1v) is 11.4. The topological polar surface area (TPSA) is 24.8 Å². The van der Waals surface area contributed by atoms with Gasteiger partial charge in [-0.25, -0.2) is 0 Å². The highest BCUT2D eigenvalue weighted by atomic mass is 31.1. The van der Waals surface area contributed by atoms with Crippen LogP contribution in [-0.4, -0.2) is 43.2 Å². The van der Waals surface area contributed by atoms with Gasteiger partial charge in [-0.2, -0.15) is 5.10 Å². The molecular weight excluding hydrogens is 351 g/mol. The number of hydrazone groups is 1. The van der Waals surface area contributed by atoms with Gasteiger partial charge in [-0.3, -0.25) is 5.01 Å². The minimum atomic E-state index is -0.470. The molecule has 144 valence electrons. The Balaban J connectivity index is 1.88. The highest BCUT2D eigenvalue weighted by Gasteiger charge is 2.25. The summed E-state index contributed by atoms with van der Waals surface area (Å²) in [4.78, 5) is 0. The predicted molar refractivity (Wildman–Crippen MR) is 118 cm³/mol. The molecule has 3 rings (SSSR count). The molecule has 2 aromatic rings. The smallest absolute Gasteiger partial charge is 0.0704 e. The second-order valence-electron chi connectivity index (χ2n) is 7.08. The van der Waals surface area contributed by atoms with Gasteiger partial charge < -0.3 is 4.74 Å². The van der Waals surface area contributed by atoms with E-state index in [2.05, 4.69) is 78.8 Å². The van der Waals surface area contributed by atoms with E-state index in [9.17, 15) is 0 Å². The SMILES string of the molecule is CCC[C@@H](/C=N/N1CCC[C@H]1COC)P(c1ccccc1)c1ccccc1. The van der Waals surface area contributed by atoms with Crippen LogP contribution >= 0.6 is 7.92 Å². The molecule has 0 amide bonds. The molecule has 0 saturated carbocycles. The third-order valence-corrected chi connectivity index (χ3v) is 7.84. The van der Waals surface area contributed by atoms with Crippen LogP contribution < -0.4 is 10.6 Å². The van der Waals surface area contributed by atoms with Crippen molar-refractivity contribution in [3.8, 4) is 0 Å². The lowest BCUT2D eigenvalue weighted by Gasteiger charge is -2.27. The van der Waals surface area contributed by atoms with Gasteiger partial charge in [0.05, 0.1) is 12.6 Å². The molecule has 0 radical (unpaired) electrons. The van der Waals surface area contributed by atoms with E-state index in [-0.39, 0.29) is 0 Å². The molecule has 0 aliphatic carbocycles. The quantitative estimate of drug-likeness (QED) is 0.475. The van der Waals surface area contributed by atoms with Gasteiger partial charge >= 0.3 is 0 Å². The predicted octanol–water partition coefficient (Wildman–Crippen LogP) is 4.38. The average molecular weight is 382 g/mol. The van der Waals surface area contributed by atoms with Crippen LogP contribution in [0.2, 0.25) is 0 Å². The number of hydrogen-bond acceptors (Lipinski definition) is 3. The van der Waals surface area contributed by atoms with E-state index in [0.29, 0.717) is 11.7 Å². The highest BCUT2D eigenvalue weighted by molar-refractivity contribution is 7.74. The van der Waals surface area contributed by atoms with E-state index in [1.165, 1.54) is 23.5 Å². The van der Waals surface area contributed by atoms with Crippen molar-refractivity contribution in [1.82, 2.24) is 5.01 Å². The van der Waals surface area contributed by atoms with Crippen LogP contribution in [0.5, 0.6) is 0 Å². The maximum atomic E-state index is 5.38. The summed E-state index contributed by atoms with van der Waals surface area (Å²) in [6.07, 6.45) is 6.94. The molecule has 1 heterocycles. The molecule has 2 aromatic carbocycles. The summed E-state index contributed by atoms with van der Waals surface area (Å²) in [7, 11) is 1.31. The molecule has 27 heavy (non-hydrogen) atoms. The van der Waals surface area contributed by atoms with E-state index >= 15 is 0 Å². The molecule has 1 fully saturated rings. The van der Waals surface area contributed by atoms with Crippen LogP contribution in [0.4, 0.5) is 0 Å². The van der Waals surface area contributed by atoms with Crippen molar-refractivity contribution in [3.05, 3.63) is 60.7 Å². The van der Waals surface area contributed by atoms with Crippen molar-refractivity contribution in [2.45, 2.75) is 44.3 Å². The Labute approximate surface area is 165 Å². The summed E-state index contributed by atoms with van der Waals surface area (Å²) in [5, 5.41) is 10.1. The van der Waals surface area contributed by atoms with Crippen LogP contribution in [-0.2, 0) is 4.74 Å². The van der Waals surface area contributed by atoms with Gasteiger partial charge in [0.25, 0.3) is 0 Å². The second kappa shape index (κ2) is 10.6. The monoisotopic (exact) mass is 382 g/mol. The summed E-state index contributed by atoms with van der Waals surface area (Å²) in [6.45, 7) is 4.08. The van der Waals surface area contributed by atoms with E-state index < -0.39 is 7.92 Å². The minimum Gasteiger partial charge on any atom is -0.382 e. The van der Waals surface area contributed by atoms with Crippen LogP contribution in [0.15, 0.2) is 65.8 Å². The van der Waals surface area contributed by atoms with Crippen LogP contribution in [0.1, 0.15) is 32.6 Å². The summed E-state index contributed by atoms with van der Waals surface area (Å²) in [5.41, 5.74) is 0.443. The van der Waals surface area contributed by atoms with Gasteiger partial charge in [0, 0.05) is 25.5 Å². The summed E-state index contributed by atoms with van der Waals surface area (Å²) in [5.74, 6) is 0. The Bertz CT molecular complexity index is 653.